The summed E-state index contributed by atoms with van der Waals surface area (Å²) < 4.78 is 63.1. The van der Waals surface area contributed by atoms with Crippen LogP contribution in [0, 0.1) is 0 Å². The summed E-state index contributed by atoms with van der Waals surface area (Å²) in [5, 5.41) is -0.993. The van der Waals surface area contributed by atoms with E-state index in [0.717, 1.165) is 18.8 Å². The number of piperazine rings is 1. The first-order valence-electron chi connectivity index (χ1n) is 16.9. The molecule has 3 aliphatic rings. The molecule has 268 valence electrons. The van der Waals surface area contributed by atoms with Crippen molar-refractivity contribution in [2.45, 2.75) is 43.5 Å². The Balaban J connectivity index is 1.22. The monoisotopic (exact) mass is 724 g/mol. The highest BCUT2D eigenvalue weighted by molar-refractivity contribution is 7.95. The van der Waals surface area contributed by atoms with Crippen molar-refractivity contribution in [3.63, 3.8) is 0 Å². The van der Waals surface area contributed by atoms with Gasteiger partial charge in [-0.1, -0.05) is 42.5 Å². The normalized spacial score (nSPS) is 20.5. The van der Waals surface area contributed by atoms with Gasteiger partial charge in [0.2, 0.25) is 10.0 Å². The number of rotatable bonds is 13. The Morgan fingerprint density at radius 3 is 2.26 bits per heavy atom. The lowest BCUT2D eigenvalue weighted by Crippen LogP contribution is -2.47. The predicted molar refractivity (Wildman–Crippen MR) is 191 cm³/mol. The Bertz CT molecular complexity index is 1950. The molecule has 3 aliphatic heterocycles. The maximum atomic E-state index is 14.4. The van der Waals surface area contributed by atoms with Crippen LogP contribution in [0.15, 0.2) is 66.7 Å². The van der Waals surface area contributed by atoms with Crippen molar-refractivity contribution < 1.29 is 35.9 Å². The van der Waals surface area contributed by atoms with E-state index in [0.29, 0.717) is 41.3 Å². The molecule has 3 heterocycles. The maximum absolute atomic E-state index is 14.4. The molecule has 0 radical (unpaired) electrons. The quantitative estimate of drug-likeness (QED) is 0.204. The van der Waals surface area contributed by atoms with Crippen molar-refractivity contribution in [3.05, 3.63) is 89.0 Å². The average molecular weight is 725 g/mol. The van der Waals surface area contributed by atoms with Crippen molar-refractivity contribution >= 4 is 37.4 Å². The molecule has 0 saturated carbocycles. The lowest BCUT2D eigenvalue weighted by molar-refractivity contribution is 0.0572. The number of carbonyl (C=O) groups excluding carboxylic acids is 2. The van der Waals surface area contributed by atoms with Crippen molar-refractivity contribution in [3.8, 4) is 11.5 Å². The van der Waals surface area contributed by atoms with Gasteiger partial charge in [0.1, 0.15) is 0 Å². The zero-order valence-corrected chi connectivity index (χ0v) is 30.2. The Labute approximate surface area is 294 Å². The van der Waals surface area contributed by atoms with Gasteiger partial charge in [-0.15, -0.1) is 0 Å². The molecule has 6 rings (SSSR count). The number of hydrogen-bond donors (Lipinski definition) is 1. The number of anilines is 1. The first kappa shape index (κ1) is 35.8. The minimum Gasteiger partial charge on any atom is -0.493 e. The fourth-order valence-electron chi connectivity index (χ4n) is 7.26. The highest BCUT2D eigenvalue weighted by Crippen LogP contribution is 2.41. The molecule has 1 N–H and O–H groups in total. The smallest absolute Gasteiger partial charge is 0.264 e. The van der Waals surface area contributed by atoms with Gasteiger partial charge in [0.05, 0.1) is 53.8 Å². The molecule has 14 heteroatoms. The summed E-state index contributed by atoms with van der Waals surface area (Å²) in [5.74, 6) is -0.450. The second-order valence-corrected chi connectivity index (χ2v) is 17.3. The molecule has 2 saturated heterocycles. The summed E-state index contributed by atoms with van der Waals surface area (Å²) in [6.45, 7) is 5.19. The molecule has 0 aromatic heterocycles. The van der Waals surface area contributed by atoms with E-state index in [1.807, 2.05) is 30.3 Å². The minimum absolute atomic E-state index is 0.0166. The highest BCUT2D eigenvalue weighted by Gasteiger charge is 2.43. The summed E-state index contributed by atoms with van der Waals surface area (Å²) in [6, 6.07) is 20.5. The van der Waals surface area contributed by atoms with Gasteiger partial charge in [0, 0.05) is 38.8 Å². The number of benzene rings is 3. The third-order valence-corrected chi connectivity index (χ3v) is 14.0. The van der Waals surface area contributed by atoms with Gasteiger partial charge in [-0.25, -0.2) is 21.6 Å². The van der Waals surface area contributed by atoms with Crippen LogP contribution in [-0.2, 0) is 19.9 Å². The largest absolute Gasteiger partial charge is 0.493 e. The van der Waals surface area contributed by atoms with Crippen LogP contribution in [0.25, 0.3) is 0 Å². The molecular weight excluding hydrogens is 681 g/mol. The lowest BCUT2D eigenvalue weighted by atomic mass is 9.99. The first-order valence-corrected chi connectivity index (χ1v) is 20.3. The summed E-state index contributed by atoms with van der Waals surface area (Å²) in [4.78, 5) is 34.4. The van der Waals surface area contributed by atoms with Crippen molar-refractivity contribution in [2.24, 2.45) is 0 Å². The topological polar surface area (TPSA) is 143 Å². The van der Waals surface area contributed by atoms with Crippen LogP contribution in [0.3, 0.4) is 0 Å². The summed E-state index contributed by atoms with van der Waals surface area (Å²) in [6.07, 6.45) is 0.585. The SMILES string of the molecule is COc1ccc(C(CCCNS(=O)(=O)[C@@H]2CCS(=O)(=O)C2)N2C(=O)c3cccc(N4CCN([C@H](C)c5ccccc5)CC4)c3C2=O)cc1OC. The number of fused-ring (bicyclic) bond motifs is 1. The van der Waals surface area contributed by atoms with Crippen LogP contribution in [0.2, 0.25) is 0 Å². The number of hydrogen-bond acceptors (Lipinski definition) is 10. The van der Waals surface area contributed by atoms with E-state index >= 15 is 0 Å². The standard InChI is InChI=1S/C36H44N4O8S2/c1-25(26-9-5-4-6-10-26)38-18-20-39(21-19-38)31-12-7-11-29-34(31)36(42)40(35(29)41)30(27-14-15-32(47-2)33(23-27)48-3)13-8-17-37-50(45,46)28-16-22-49(43,44)24-28/h4-7,9-12,14-15,23,25,28,30,37H,8,13,16-22,24H2,1-3H3/t25-,28-,30?/m1/s1. The molecule has 12 nitrogen and oxygen atoms in total. The number of amides is 2. The van der Waals surface area contributed by atoms with Crippen molar-refractivity contribution in [1.29, 1.82) is 0 Å². The van der Waals surface area contributed by atoms with E-state index in [-0.39, 0.29) is 37.6 Å². The van der Waals surface area contributed by atoms with Gasteiger partial charge >= 0.3 is 0 Å². The third kappa shape index (κ3) is 7.25. The van der Waals surface area contributed by atoms with Gasteiger partial charge in [-0.3, -0.25) is 19.4 Å². The zero-order valence-electron chi connectivity index (χ0n) is 28.6. The molecule has 0 aliphatic carbocycles. The second-order valence-electron chi connectivity index (χ2n) is 13.0. The number of imide groups is 1. The molecule has 2 amide bonds. The molecule has 1 unspecified atom stereocenters. The highest BCUT2D eigenvalue weighted by atomic mass is 32.2. The van der Waals surface area contributed by atoms with Crippen LogP contribution < -0.4 is 19.1 Å². The summed E-state index contributed by atoms with van der Waals surface area (Å²) in [7, 11) is -4.22. The molecule has 3 aromatic carbocycles. The van der Waals surface area contributed by atoms with Crippen LogP contribution in [0.1, 0.15) is 70.1 Å². The number of ether oxygens (including phenoxy) is 2. The van der Waals surface area contributed by atoms with Gasteiger partial charge in [0.25, 0.3) is 11.8 Å². The number of carbonyl (C=O) groups is 2. The number of nitrogens with one attached hydrogen (secondary N) is 1. The molecular formula is C36H44N4O8S2. The Morgan fingerprint density at radius 1 is 0.880 bits per heavy atom. The van der Waals surface area contributed by atoms with Gasteiger partial charge in [0.15, 0.2) is 21.3 Å². The maximum Gasteiger partial charge on any atom is 0.264 e. The fraction of sp³-hybridized carbons (Fsp3) is 0.444. The number of sulfone groups is 1. The van der Waals surface area contributed by atoms with Crippen LogP contribution >= 0.6 is 0 Å². The Kier molecular flexibility index (Phi) is 10.5. The summed E-state index contributed by atoms with van der Waals surface area (Å²) >= 11 is 0. The fourth-order valence-corrected chi connectivity index (χ4v) is 11.4. The summed E-state index contributed by atoms with van der Waals surface area (Å²) in [5.41, 5.74) is 3.31. The van der Waals surface area contributed by atoms with Gasteiger partial charge < -0.3 is 14.4 Å². The van der Waals surface area contributed by atoms with E-state index in [2.05, 4.69) is 33.6 Å². The van der Waals surface area contributed by atoms with Crippen LogP contribution in [-0.4, -0.2) is 102 Å². The van der Waals surface area contributed by atoms with E-state index in [4.69, 9.17) is 9.47 Å². The van der Waals surface area contributed by atoms with E-state index < -0.39 is 48.7 Å². The van der Waals surface area contributed by atoms with E-state index in [9.17, 15) is 26.4 Å². The lowest BCUT2D eigenvalue weighted by Gasteiger charge is -2.39. The second kappa shape index (κ2) is 14.7. The molecule has 0 spiro atoms. The van der Waals surface area contributed by atoms with Gasteiger partial charge in [-0.05, 0) is 61.6 Å². The van der Waals surface area contributed by atoms with E-state index in [1.54, 1.807) is 24.3 Å². The first-order chi connectivity index (χ1) is 23.9. The van der Waals surface area contributed by atoms with E-state index in [1.165, 1.54) is 24.7 Å². The minimum atomic E-state index is -3.86. The molecule has 50 heavy (non-hydrogen) atoms. The van der Waals surface area contributed by atoms with Crippen LogP contribution in [0.4, 0.5) is 5.69 Å². The Morgan fingerprint density at radius 2 is 1.60 bits per heavy atom. The molecule has 3 aromatic rings. The third-order valence-electron chi connectivity index (χ3n) is 10.1. The van der Waals surface area contributed by atoms with Crippen molar-refractivity contribution in [1.82, 2.24) is 14.5 Å². The average Bonchev–Trinajstić information content (AvgIpc) is 3.63. The molecule has 2 fully saturated rings. The Hall–Kier alpha value is -3.98. The molecule has 0 bridgehead atoms. The zero-order chi connectivity index (χ0) is 35.6. The van der Waals surface area contributed by atoms with Gasteiger partial charge in [-0.2, -0.15) is 0 Å². The number of nitrogens with zero attached hydrogens (tertiary/aromatic N) is 3. The van der Waals surface area contributed by atoms with Crippen LogP contribution in [0.5, 0.6) is 11.5 Å². The molecule has 3 atom stereocenters. The number of sulfonamides is 1. The predicted octanol–water partition coefficient (Wildman–Crippen LogP) is 3.81. The van der Waals surface area contributed by atoms with Crippen molar-refractivity contribution in [2.75, 3.05) is 63.3 Å². The number of methoxy groups -OCH3 is 2.